The van der Waals surface area contributed by atoms with Gasteiger partial charge in [0, 0.05) is 13.1 Å². The van der Waals surface area contributed by atoms with Crippen LogP contribution in [-0.2, 0) is 9.13 Å². The molecule has 0 aliphatic carbocycles. The molecule has 1 aliphatic heterocycles. The molecular formula is C12H25NO6P2. The van der Waals surface area contributed by atoms with E-state index in [1.165, 1.54) is 16.9 Å². The first kappa shape index (κ1) is 19.0. The van der Waals surface area contributed by atoms with Crippen LogP contribution in [0, 0.1) is 0 Å². The Morgan fingerprint density at radius 1 is 1.10 bits per heavy atom. The molecule has 0 spiro atoms. The smallest absolute Gasteiger partial charge is 0.323 e. The maximum Gasteiger partial charge on any atom is 0.354 e. The lowest BCUT2D eigenvalue weighted by molar-refractivity contribution is 0.214. The van der Waals surface area contributed by atoms with Gasteiger partial charge in [0.05, 0.1) is 0 Å². The van der Waals surface area contributed by atoms with Gasteiger partial charge in [-0.1, -0.05) is 31.4 Å². The minimum Gasteiger partial charge on any atom is -0.323 e. The molecule has 0 aromatic rings. The van der Waals surface area contributed by atoms with Crippen molar-refractivity contribution >= 4 is 15.2 Å². The van der Waals surface area contributed by atoms with E-state index in [0.717, 1.165) is 19.3 Å². The zero-order valence-electron chi connectivity index (χ0n) is 12.3. The predicted octanol–water partition coefficient (Wildman–Crippen LogP) is 2.23. The molecule has 21 heavy (non-hydrogen) atoms. The van der Waals surface area contributed by atoms with E-state index in [-0.39, 0.29) is 13.1 Å². The van der Waals surface area contributed by atoms with Crippen molar-refractivity contribution in [1.82, 2.24) is 4.90 Å². The number of unbranched alkanes of at least 4 members (excludes halogenated alkanes) is 3. The molecule has 124 valence electrons. The number of nitrogens with zero attached hydrogens (tertiary/aromatic N) is 1. The van der Waals surface area contributed by atoms with Crippen LogP contribution in [-0.4, -0.2) is 43.1 Å². The number of rotatable bonds is 7. The van der Waals surface area contributed by atoms with E-state index in [9.17, 15) is 28.7 Å². The van der Waals surface area contributed by atoms with Gasteiger partial charge in [-0.3, -0.25) is 14.0 Å². The van der Waals surface area contributed by atoms with Crippen molar-refractivity contribution in [3.63, 3.8) is 0 Å². The molecule has 1 aliphatic rings. The summed E-state index contributed by atoms with van der Waals surface area (Å²) in [6, 6.07) is 0. The van der Waals surface area contributed by atoms with Crippen molar-refractivity contribution in [3.05, 3.63) is 11.6 Å². The van der Waals surface area contributed by atoms with E-state index in [4.69, 9.17) is 0 Å². The summed E-state index contributed by atoms with van der Waals surface area (Å²) in [6.45, 7) is 2.66. The standard InChI is InChI=1S/C12H25NO6P2/c1-2-3-4-5-6-11-7-9-13(10-8-11)12(20(14,15)16)21(17,18)19/h6,12H,2-5,7-10H2,1H3,(H2,14,15,16)(H2,17,18,19). The van der Waals surface area contributed by atoms with Crippen molar-refractivity contribution in [2.24, 2.45) is 0 Å². The minimum absolute atomic E-state index is 0.264. The SMILES string of the molecule is CCCCCC=C1CCN(C(P(=O)(O)O)P(=O)(O)O)CC1. The molecule has 0 aromatic heterocycles. The molecule has 0 saturated carbocycles. The number of hydrogen-bond donors (Lipinski definition) is 4. The average molecular weight is 341 g/mol. The highest BCUT2D eigenvalue weighted by atomic mass is 31.2. The van der Waals surface area contributed by atoms with Crippen LogP contribution < -0.4 is 0 Å². The molecule has 9 heteroatoms. The first-order chi connectivity index (χ1) is 9.66. The molecular weight excluding hydrogens is 316 g/mol. The molecule has 1 rings (SSSR count). The Hall–Kier alpha value is -0.0000000000000000416. The maximum absolute atomic E-state index is 11.3. The van der Waals surface area contributed by atoms with Crippen molar-refractivity contribution in [2.45, 2.75) is 51.0 Å². The van der Waals surface area contributed by atoms with Gasteiger partial charge in [0.25, 0.3) is 0 Å². The molecule has 1 fully saturated rings. The lowest BCUT2D eigenvalue weighted by Gasteiger charge is -2.35. The molecule has 1 saturated heterocycles. The summed E-state index contributed by atoms with van der Waals surface area (Å²) in [6.07, 6.45) is 7.79. The van der Waals surface area contributed by atoms with Gasteiger partial charge in [-0.2, -0.15) is 0 Å². The summed E-state index contributed by atoms with van der Waals surface area (Å²) in [4.78, 5) is 38.0. The van der Waals surface area contributed by atoms with E-state index in [1.54, 1.807) is 0 Å². The summed E-state index contributed by atoms with van der Waals surface area (Å²) in [7, 11) is -9.74. The predicted molar refractivity (Wildman–Crippen MR) is 80.9 cm³/mol. The van der Waals surface area contributed by atoms with Gasteiger partial charge in [-0.05, 0) is 25.7 Å². The summed E-state index contributed by atoms with van der Waals surface area (Å²) in [5.74, 6) is 0. The second-order valence-electron chi connectivity index (χ2n) is 5.42. The topological polar surface area (TPSA) is 118 Å². The fraction of sp³-hybridized carbons (Fsp3) is 0.833. The fourth-order valence-electron chi connectivity index (χ4n) is 2.57. The van der Waals surface area contributed by atoms with Gasteiger partial charge < -0.3 is 19.6 Å². The molecule has 0 atom stereocenters. The van der Waals surface area contributed by atoms with Crippen molar-refractivity contribution in [3.8, 4) is 0 Å². The van der Waals surface area contributed by atoms with E-state index in [0.29, 0.717) is 12.8 Å². The van der Waals surface area contributed by atoms with Gasteiger partial charge in [0.15, 0.2) is 0 Å². The molecule has 0 radical (unpaired) electrons. The first-order valence-electron chi connectivity index (χ1n) is 7.18. The normalized spacial score (nSPS) is 18.3. The average Bonchev–Trinajstić information content (AvgIpc) is 2.33. The Balaban J connectivity index is 2.62. The Morgan fingerprint density at radius 3 is 2.05 bits per heavy atom. The van der Waals surface area contributed by atoms with Crippen LogP contribution in [0.5, 0.6) is 0 Å². The van der Waals surface area contributed by atoms with Gasteiger partial charge in [-0.25, -0.2) is 0 Å². The quantitative estimate of drug-likeness (QED) is 0.318. The van der Waals surface area contributed by atoms with Crippen LogP contribution in [0.4, 0.5) is 0 Å². The Bertz CT molecular complexity index is 423. The molecule has 0 aromatic carbocycles. The molecule has 1 heterocycles. The molecule has 0 amide bonds. The van der Waals surface area contributed by atoms with Crippen LogP contribution in [0.3, 0.4) is 0 Å². The van der Waals surface area contributed by atoms with Crippen LogP contribution in [0.15, 0.2) is 11.6 Å². The van der Waals surface area contributed by atoms with Gasteiger partial charge in [0.1, 0.15) is 0 Å². The van der Waals surface area contributed by atoms with Crippen LogP contribution >= 0.6 is 15.2 Å². The molecule has 0 unspecified atom stereocenters. The molecule has 0 bridgehead atoms. The highest BCUT2D eigenvalue weighted by molar-refractivity contribution is 7.70. The molecule has 4 N–H and O–H groups in total. The van der Waals surface area contributed by atoms with E-state index < -0.39 is 20.7 Å². The van der Waals surface area contributed by atoms with Crippen molar-refractivity contribution in [2.75, 3.05) is 13.1 Å². The zero-order chi connectivity index (χ0) is 16.1. The number of allylic oxidation sites excluding steroid dienone is 1. The van der Waals surface area contributed by atoms with Crippen molar-refractivity contribution < 1.29 is 28.7 Å². The Labute approximate surface area is 125 Å². The number of piperidine rings is 1. The van der Waals surface area contributed by atoms with Gasteiger partial charge in [0.2, 0.25) is 5.52 Å². The zero-order valence-corrected chi connectivity index (χ0v) is 14.0. The van der Waals surface area contributed by atoms with E-state index >= 15 is 0 Å². The monoisotopic (exact) mass is 341 g/mol. The summed E-state index contributed by atoms with van der Waals surface area (Å²) in [5.41, 5.74) is -0.802. The lowest BCUT2D eigenvalue weighted by Crippen LogP contribution is -2.39. The fourth-order valence-corrected chi connectivity index (χ4v) is 5.45. The van der Waals surface area contributed by atoms with Crippen LogP contribution in [0.25, 0.3) is 0 Å². The third kappa shape index (κ3) is 6.33. The summed E-state index contributed by atoms with van der Waals surface area (Å²) < 4.78 is 22.7. The largest absolute Gasteiger partial charge is 0.354 e. The van der Waals surface area contributed by atoms with Gasteiger partial charge in [-0.15, -0.1) is 0 Å². The number of hydrogen-bond acceptors (Lipinski definition) is 3. The minimum atomic E-state index is -4.87. The highest BCUT2D eigenvalue weighted by Gasteiger charge is 2.47. The third-order valence-corrected chi connectivity index (χ3v) is 7.27. The molecule has 7 nitrogen and oxygen atoms in total. The number of likely N-dealkylation sites (tertiary alicyclic amines) is 1. The van der Waals surface area contributed by atoms with Crippen molar-refractivity contribution in [1.29, 1.82) is 0 Å². The van der Waals surface area contributed by atoms with E-state index in [2.05, 4.69) is 13.0 Å². The van der Waals surface area contributed by atoms with Crippen LogP contribution in [0.1, 0.15) is 45.4 Å². The Kier molecular flexibility index (Phi) is 7.28. The van der Waals surface area contributed by atoms with Crippen LogP contribution in [0.2, 0.25) is 0 Å². The second kappa shape index (κ2) is 8.02. The lowest BCUT2D eigenvalue weighted by atomic mass is 10.0. The maximum atomic E-state index is 11.3. The van der Waals surface area contributed by atoms with E-state index in [1.807, 2.05) is 0 Å². The Morgan fingerprint density at radius 2 is 1.62 bits per heavy atom. The highest BCUT2D eigenvalue weighted by Crippen LogP contribution is 2.61. The summed E-state index contributed by atoms with van der Waals surface area (Å²) >= 11 is 0. The second-order valence-corrected chi connectivity index (χ2v) is 9.16. The first-order valence-corrected chi connectivity index (χ1v) is 10.5. The van der Waals surface area contributed by atoms with Gasteiger partial charge >= 0.3 is 15.2 Å². The summed E-state index contributed by atoms with van der Waals surface area (Å²) in [5, 5.41) is 0. The third-order valence-electron chi connectivity index (χ3n) is 3.61.